The van der Waals surface area contributed by atoms with Gasteiger partial charge in [0.15, 0.2) is 0 Å². The monoisotopic (exact) mass is 703 g/mol. The van der Waals surface area contributed by atoms with Crippen LogP contribution in [0.1, 0.15) is 62.0 Å². The molecule has 1 aromatic heterocycles. The molecule has 3 amide bonds. The van der Waals surface area contributed by atoms with Crippen molar-refractivity contribution < 1.29 is 34.1 Å². The van der Waals surface area contributed by atoms with Crippen molar-refractivity contribution >= 4 is 35.3 Å². The number of nitrogens with one attached hydrogen (secondary N) is 1. The van der Waals surface area contributed by atoms with Crippen LogP contribution >= 0.6 is 11.6 Å². The van der Waals surface area contributed by atoms with Gasteiger partial charge in [-0.1, -0.05) is 30.7 Å². The Morgan fingerprint density at radius 2 is 1.73 bits per heavy atom. The van der Waals surface area contributed by atoms with Crippen LogP contribution in [0.3, 0.4) is 0 Å². The van der Waals surface area contributed by atoms with Gasteiger partial charge in [0.1, 0.15) is 18.8 Å². The molecule has 2 aromatic rings. The molecule has 0 spiro atoms. The van der Waals surface area contributed by atoms with E-state index >= 15 is 0 Å². The topological polar surface area (TPSA) is 161 Å². The number of amides is 3. The molecule has 0 radical (unpaired) electrons. The predicted molar refractivity (Wildman–Crippen MR) is 185 cm³/mol. The lowest BCUT2D eigenvalue weighted by atomic mass is 9.95. The number of aromatic nitrogens is 2. The first-order valence-corrected chi connectivity index (χ1v) is 17.3. The highest BCUT2D eigenvalue weighted by Crippen LogP contribution is 2.42. The van der Waals surface area contributed by atoms with Gasteiger partial charge in [-0.3, -0.25) is 14.5 Å². The standard InChI is InChI=1S/C34H50ClN7O7/c1-23(2)42(11-10-39(4)29(44)21-49-18-17-48-16-9-36-34(46)47)20-27(25-5-7-26(35)8-6-25)33(45)41-14-12-40(13-15-41)32-30-24(3)19-28(43)31(30)37-22-38-32/h5-8,22-24,27-28,36,43H,9-21H2,1-4H3,(H,46,47)/t24-,27-,28-/m1/s1. The number of aliphatic hydroxyl groups excluding tert-OH is 1. The largest absolute Gasteiger partial charge is 0.465 e. The van der Waals surface area contributed by atoms with Gasteiger partial charge >= 0.3 is 6.09 Å². The van der Waals surface area contributed by atoms with Gasteiger partial charge in [0.05, 0.1) is 37.5 Å². The van der Waals surface area contributed by atoms with E-state index in [0.29, 0.717) is 63.0 Å². The Kier molecular flexibility index (Phi) is 14.4. The first-order chi connectivity index (χ1) is 23.5. The van der Waals surface area contributed by atoms with Gasteiger partial charge in [-0.05, 0) is 43.9 Å². The minimum absolute atomic E-state index is 0.0446. The third kappa shape index (κ3) is 10.7. The Hall–Kier alpha value is -3.56. The van der Waals surface area contributed by atoms with E-state index in [1.54, 1.807) is 11.9 Å². The van der Waals surface area contributed by atoms with Crippen LogP contribution in [0.2, 0.25) is 5.02 Å². The summed E-state index contributed by atoms with van der Waals surface area (Å²) >= 11 is 6.22. The Labute approximate surface area is 293 Å². The lowest BCUT2D eigenvalue weighted by Crippen LogP contribution is -2.52. The summed E-state index contributed by atoms with van der Waals surface area (Å²) in [5.41, 5.74) is 2.60. The summed E-state index contributed by atoms with van der Waals surface area (Å²) < 4.78 is 10.7. The summed E-state index contributed by atoms with van der Waals surface area (Å²) in [4.78, 5) is 54.3. The highest BCUT2D eigenvalue weighted by atomic mass is 35.5. The Bertz CT molecular complexity index is 1390. The number of anilines is 1. The van der Waals surface area contributed by atoms with Crippen molar-refractivity contribution in [2.45, 2.75) is 51.2 Å². The number of piperazine rings is 1. The second kappa shape index (κ2) is 18.4. The number of likely N-dealkylation sites (N-methyl/N-ethyl adjacent to an activating group) is 1. The number of rotatable bonds is 17. The molecule has 14 nitrogen and oxygen atoms in total. The van der Waals surface area contributed by atoms with Crippen molar-refractivity contribution in [3.8, 4) is 0 Å². The van der Waals surface area contributed by atoms with Crippen molar-refractivity contribution in [2.75, 3.05) is 90.7 Å². The van der Waals surface area contributed by atoms with Gasteiger partial charge in [0.2, 0.25) is 11.8 Å². The number of carboxylic acid groups (broad SMARTS) is 1. The van der Waals surface area contributed by atoms with E-state index in [-0.39, 0.29) is 56.7 Å². The minimum Gasteiger partial charge on any atom is -0.465 e. The normalized spacial score (nSPS) is 18.1. The van der Waals surface area contributed by atoms with Gasteiger partial charge < -0.3 is 39.7 Å². The number of aliphatic hydroxyl groups is 1. The molecule has 0 unspecified atom stereocenters. The highest BCUT2D eigenvalue weighted by Gasteiger charge is 2.35. The molecule has 2 aliphatic rings. The number of nitrogens with zero attached hydrogens (tertiary/aromatic N) is 6. The third-order valence-electron chi connectivity index (χ3n) is 9.16. The first-order valence-electron chi connectivity index (χ1n) is 16.9. The lowest BCUT2D eigenvalue weighted by molar-refractivity contribution is -0.136. The summed E-state index contributed by atoms with van der Waals surface area (Å²) in [6.45, 7) is 10.9. The van der Waals surface area contributed by atoms with Crippen LogP contribution in [0.15, 0.2) is 30.6 Å². The van der Waals surface area contributed by atoms with E-state index in [9.17, 15) is 19.5 Å². The van der Waals surface area contributed by atoms with Gasteiger partial charge in [-0.15, -0.1) is 0 Å². The fraction of sp³-hybridized carbons (Fsp3) is 0.618. The zero-order valence-corrected chi connectivity index (χ0v) is 29.6. The van der Waals surface area contributed by atoms with Crippen LogP contribution in [-0.4, -0.2) is 145 Å². The first kappa shape index (κ1) is 38.2. The summed E-state index contributed by atoms with van der Waals surface area (Å²) in [5.74, 6) is 0.463. The van der Waals surface area contributed by atoms with E-state index in [0.717, 1.165) is 16.9 Å². The molecule has 3 atom stereocenters. The third-order valence-corrected chi connectivity index (χ3v) is 9.41. The Morgan fingerprint density at radius 3 is 2.41 bits per heavy atom. The molecule has 1 fully saturated rings. The predicted octanol–water partition coefficient (Wildman–Crippen LogP) is 2.57. The van der Waals surface area contributed by atoms with Crippen molar-refractivity contribution in [2.24, 2.45) is 0 Å². The molecule has 0 bridgehead atoms. The summed E-state index contributed by atoms with van der Waals surface area (Å²) in [5, 5.41) is 21.8. The second-order valence-corrected chi connectivity index (χ2v) is 13.3. The van der Waals surface area contributed by atoms with Gasteiger partial charge in [-0.25, -0.2) is 14.8 Å². The maximum atomic E-state index is 14.2. The number of ether oxygens (including phenoxy) is 2. The molecule has 3 N–H and O–H groups in total. The number of carbonyl (C=O) groups excluding carboxylic acids is 2. The van der Waals surface area contributed by atoms with Crippen molar-refractivity contribution in [1.29, 1.82) is 0 Å². The van der Waals surface area contributed by atoms with E-state index in [2.05, 4.69) is 45.9 Å². The smallest absolute Gasteiger partial charge is 0.404 e. The number of benzene rings is 1. The molecule has 270 valence electrons. The highest BCUT2D eigenvalue weighted by molar-refractivity contribution is 6.30. The summed E-state index contributed by atoms with van der Waals surface area (Å²) in [6.07, 6.45) is 0.479. The van der Waals surface area contributed by atoms with E-state index in [1.165, 1.54) is 6.33 Å². The maximum absolute atomic E-state index is 14.2. The number of hydrogen-bond donors (Lipinski definition) is 3. The zero-order chi connectivity index (χ0) is 35.5. The molecular formula is C34H50ClN7O7. The quantitative estimate of drug-likeness (QED) is 0.208. The van der Waals surface area contributed by atoms with Crippen LogP contribution in [-0.2, 0) is 19.1 Å². The molecule has 2 heterocycles. The molecule has 1 aromatic carbocycles. The minimum atomic E-state index is -1.11. The maximum Gasteiger partial charge on any atom is 0.404 e. The average Bonchev–Trinajstić information content (AvgIpc) is 3.38. The molecule has 15 heteroatoms. The molecule has 0 saturated carbocycles. The van der Waals surface area contributed by atoms with Crippen molar-refractivity contribution in [1.82, 2.24) is 30.0 Å². The van der Waals surface area contributed by atoms with Gasteiger partial charge in [0, 0.05) is 76.0 Å². The summed E-state index contributed by atoms with van der Waals surface area (Å²) in [6, 6.07) is 7.56. The number of hydrogen-bond acceptors (Lipinski definition) is 10. The van der Waals surface area contributed by atoms with E-state index in [4.69, 9.17) is 26.2 Å². The van der Waals surface area contributed by atoms with E-state index < -0.39 is 18.1 Å². The Balaban J connectivity index is 1.33. The van der Waals surface area contributed by atoms with Crippen LogP contribution in [0.4, 0.5) is 10.6 Å². The molecule has 4 rings (SSSR count). The number of fused-ring (bicyclic) bond motifs is 1. The summed E-state index contributed by atoms with van der Waals surface area (Å²) in [7, 11) is 1.73. The molecule has 1 aliphatic heterocycles. The van der Waals surface area contributed by atoms with Gasteiger partial charge in [-0.2, -0.15) is 0 Å². The van der Waals surface area contributed by atoms with Crippen LogP contribution in [0.5, 0.6) is 0 Å². The fourth-order valence-electron chi connectivity index (χ4n) is 6.25. The van der Waals surface area contributed by atoms with Crippen molar-refractivity contribution in [3.05, 3.63) is 52.4 Å². The lowest BCUT2D eigenvalue weighted by Gasteiger charge is -2.39. The number of carbonyl (C=O) groups is 3. The fourth-order valence-corrected chi connectivity index (χ4v) is 6.38. The molecule has 49 heavy (non-hydrogen) atoms. The number of halogens is 1. The average molecular weight is 704 g/mol. The molecular weight excluding hydrogens is 654 g/mol. The van der Waals surface area contributed by atoms with E-state index in [1.807, 2.05) is 29.2 Å². The van der Waals surface area contributed by atoms with Gasteiger partial charge in [0.25, 0.3) is 0 Å². The zero-order valence-electron chi connectivity index (χ0n) is 28.9. The molecule has 1 saturated heterocycles. The van der Waals surface area contributed by atoms with Crippen LogP contribution in [0.25, 0.3) is 0 Å². The SMILES string of the molecule is CC(C)N(CCN(C)C(=O)COCCOCCNC(=O)O)C[C@@H](C(=O)N1CCN(c2ncnc3c2[C@H](C)C[C@H]3O)CC1)c1ccc(Cl)cc1. The second-order valence-electron chi connectivity index (χ2n) is 12.9. The van der Waals surface area contributed by atoms with Crippen LogP contribution in [0, 0.1) is 0 Å². The van der Waals surface area contributed by atoms with Crippen LogP contribution < -0.4 is 10.2 Å². The Morgan fingerprint density at radius 1 is 1.04 bits per heavy atom. The molecule has 1 aliphatic carbocycles. The van der Waals surface area contributed by atoms with Crippen molar-refractivity contribution in [3.63, 3.8) is 0 Å².